The van der Waals surface area contributed by atoms with E-state index < -0.39 is 0 Å². The summed E-state index contributed by atoms with van der Waals surface area (Å²) in [7, 11) is 0. The minimum atomic E-state index is 1.14. The number of aromatic nitrogens is 1. The fourth-order valence-electron chi connectivity index (χ4n) is 8.03. The third-order valence-corrected chi connectivity index (χ3v) is 10.1. The lowest BCUT2D eigenvalue weighted by molar-refractivity contribution is 1.37. The number of benzene rings is 8. The van der Waals surface area contributed by atoms with Crippen LogP contribution in [0.25, 0.3) is 99.1 Å². The van der Waals surface area contributed by atoms with E-state index in [9.17, 15) is 0 Å². The van der Waals surface area contributed by atoms with Gasteiger partial charge in [-0.15, -0.1) is 0 Å². The first-order valence-electron chi connectivity index (χ1n) is 16.5. The lowest BCUT2D eigenvalue weighted by Gasteiger charge is -2.21. The summed E-state index contributed by atoms with van der Waals surface area (Å²) in [6.45, 7) is 0. The lowest BCUT2D eigenvalue weighted by Crippen LogP contribution is -1.95. The Hall–Kier alpha value is -6.31. The highest BCUT2D eigenvalue weighted by atomic mass is 14.6. The van der Waals surface area contributed by atoms with Crippen LogP contribution >= 0.6 is 0 Å². The van der Waals surface area contributed by atoms with E-state index in [1.807, 2.05) is 6.20 Å². The van der Waals surface area contributed by atoms with E-state index in [2.05, 4.69) is 170 Å². The van der Waals surface area contributed by atoms with Crippen LogP contribution in [0.5, 0.6) is 0 Å². The first-order chi connectivity index (χ1) is 23.8. The first kappa shape index (κ1) is 26.9. The second-order valence-electron chi connectivity index (χ2n) is 12.7. The van der Waals surface area contributed by atoms with Crippen LogP contribution in [0.1, 0.15) is 0 Å². The van der Waals surface area contributed by atoms with Gasteiger partial charge in [0.15, 0.2) is 0 Å². The van der Waals surface area contributed by atoms with Crippen LogP contribution in [0.2, 0.25) is 0 Å². The summed E-state index contributed by atoms with van der Waals surface area (Å²) in [4.78, 5) is 4.89. The maximum atomic E-state index is 4.89. The highest BCUT2D eigenvalue weighted by molar-refractivity contribution is 6.25. The van der Waals surface area contributed by atoms with E-state index >= 15 is 0 Å². The van der Waals surface area contributed by atoms with Gasteiger partial charge in [-0.05, 0) is 94.2 Å². The van der Waals surface area contributed by atoms with Gasteiger partial charge in [-0.1, -0.05) is 158 Å². The summed E-state index contributed by atoms with van der Waals surface area (Å²) in [5.41, 5.74) is 14.9. The molecule has 9 aromatic rings. The number of hydrogen-bond acceptors (Lipinski definition) is 1. The van der Waals surface area contributed by atoms with Crippen LogP contribution in [0.3, 0.4) is 0 Å². The van der Waals surface area contributed by atoms with Crippen LogP contribution in [0, 0.1) is 0 Å². The minimum Gasteiger partial charge on any atom is -0.263 e. The zero-order valence-electron chi connectivity index (χ0n) is 26.2. The summed E-state index contributed by atoms with van der Waals surface area (Å²) in [5.74, 6) is 0. The molecule has 48 heavy (non-hydrogen) atoms. The molecule has 0 N–H and O–H groups in total. The van der Waals surface area contributed by atoms with E-state index in [4.69, 9.17) is 4.98 Å². The molecule has 0 saturated carbocycles. The Labute approximate surface area is 279 Å². The van der Waals surface area contributed by atoms with Gasteiger partial charge in [0.25, 0.3) is 0 Å². The van der Waals surface area contributed by atoms with Gasteiger partial charge in [-0.3, -0.25) is 4.98 Å². The van der Waals surface area contributed by atoms with Crippen molar-refractivity contribution in [1.29, 1.82) is 0 Å². The molecule has 0 unspecified atom stereocenters. The zero-order valence-corrected chi connectivity index (χ0v) is 26.2. The fourth-order valence-corrected chi connectivity index (χ4v) is 8.03. The number of pyridine rings is 1. The van der Waals surface area contributed by atoms with Crippen molar-refractivity contribution in [3.8, 4) is 66.8 Å². The van der Waals surface area contributed by atoms with E-state index in [1.54, 1.807) is 0 Å². The van der Waals surface area contributed by atoms with Crippen LogP contribution in [-0.4, -0.2) is 4.98 Å². The molecule has 1 heteroatoms. The van der Waals surface area contributed by atoms with Gasteiger partial charge in [-0.2, -0.15) is 0 Å². The summed E-state index contributed by atoms with van der Waals surface area (Å²) >= 11 is 0. The Morgan fingerprint density at radius 1 is 0.292 bits per heavy atom. The van der Waals surface area contributed by atoms with Crippen molar-refractivity contribution in [3.63, 3.8) is 0 Å². The predicted molar refractivity (Wildman–Crippen MR) is 203 cm³/mol. The normalized spacial score (nSPS) is 11.8. The third-order valence-electron chi connectivity index (χ3n) is 10.1. The molecule has 0 spiro atoms. The Balaban J connectivity index is 1.38. The van der Waals surface area contributed by atoms with Crippen molar-refractivity contribution in [2.24, 2.45) is 0 Å². The molecule has 0 atom stereocenters. The monoisotopic (exact) mass is 607 g/mol. The van der Waals surface area contributed by atoms with E-state index in [0.29, 0.717) is 0 Å². The molecule has 0 amide bonds. The summed E-state index contributed by atoms with van der Waals surface area (Å²) < 4.78 is 0. The van der Waals surface area contributed by atoms with Crippen molar-refractivity contribution < 1.29 is 0 Å². The zero-order chi connectivity index (χ0) is 31.6. The maximum Gasteiger partial charge on any atom is 0.0353 e. The van der Waals surface area contributed by atoms with Crippen molar-refractivity contribution in [3.05, 3.63) is 176 Å². The van der Waals surface area contributed by atoms with E-state index in [0.717, 1.165) is 5.56 Å². The summed E-state index contributed by atoms with van der Waals surface area (Å²) in [6.07, 6.45) is 4.09. The Bertz CT molecular complexity index is 2690. The largest absolute Gasteiger partial charge is 0.263 e. The molecule has 10 rings (SSSR count). The molecule has 0 radical (unpaired) electrons. The maximum absolute atomic E-state index is 4.89. The second-order valence-corrected chi connectivity index (χ2v) is 12.7. The van der Waals surface area contributed by atoms with Crippen molar-refractivity contribution in [2.75, 3.05) is 0 Å². The van der Waals surface area contributed by atoms with E-state index in [-0.39, 0.29) is 0 Å². The summed E-state index contributed by atoms with van der Waals surface area (Å²) in [6, 6.07) is 59.7. The SMILES string of the molecule is c1ccc(-c2cc(-c3cncc4c3ccc3ccccc34)c(-c3ccccc3)c3c2-c2cccc4c(-c5ccccc5)ccc-3c24)cc1. The molecule has 0 aliphatic heterocycles. The number of hydrogen-bond donors (Lipinski definition) is 0. The third kappa shape index (κ3) is 3.95. The number of nitrogens with zero attached hydrogens (tertiary/aromatic N) is 1. The molecular weight excluding hydrogens is 579 g/mol. The number of rotatable bonds is 4. The first-order valence-corrected chi connectivity index (χ1v) is 16.5. The molecular formula is C47H29N. The molecule has 1 aliphatic rings. The highest BCUT2D eigenvalue weighted by Crippen LogP contribution is 2.58. The molecule has 1 aliphatic carbocycles. The van der Waals surface area contributed by atoms with Crippen LogP contribution in [-0.2, 0) is 0 Å². The average molecular weight is 608 g/mol. The Morgan fingerprint density at radius 3 is 1.69 bits per heavy atom. The second kappa shape index (κ2) is 10.6. The molecule has 1 nitrogen and oxygen atoms in total. The van der Waals surface area contributed by atoms with Gasteiger partial charge in [0.1, 0.15) is 0 Å². The molecule has 8 aromatic carbocycles. The lowest BCUT2D eigenvalue weighted by atomic mass is 9.81. The smallest absolute Gasteiger partial charge is 0.0353 e. The standard InChI is InChI=1S/C47H29N/c1-4-13-30(14-5-1)35-25-26-39-45-37(35)21-12-22-38(45)46-40(31-15-6-2-7-16-31)27-41(44(47(39)46)33-18-8-3-9-19-33)43-29-48-28-42-34-20-11-10-17-32(34)23-24-36(42)43/h1-29H. The topological polar surface area (TPSA) is 12.9 Å². The molecule has 1 aromatic heterocycles. The fraction of sp³-hybridized carbons (Fsp3) is 0. The predicted octanol–water partition coefficient (Wildman–Crippen LogP) is 12.9. The molecule has 0 fully saturated rings. The van der Waals surface area contributed by atoms with Gasteiger partial charge >= 0.3 is 0 Å². The minimum absolute atomic E-state index is 1.14. The summed E-state index contributed by atoms with van der Waals surface area (Å²) in [5, 5.41) is 7.43. The van der Waals surface area contributed by atoms with Gasteiger partial charge < -0.3 is 0 Å². The van der Waals surface area contributed by atoms with Crippen LogP contribution in [0.15, 0.2) is 176 Å². The van der Waals surface area contributed by atoms with Crippen LogP contribution < -0.4 is 0 Å². The number of fused-ring (bicyclic) bond motifs is 6. The molecule has 1 heterocycles. The van der Waals surface area contributed by atoms with E-state index in [1.165, 1.54) is 93.5 Å². The van der Waals surface area contributed by atoms with Gasteiger partial charge in [0.2, 0.25) is 0 Å². The van der Waals surface area contributed by atoms with Crippen LogP contribution in [0.4, 0.5) is 0 Å². The highest BCUT2D eigenvalue weighted by Gasteiger charge is 2.31. The van der Waals surface area contributed by atoms with Gasteiger partial charge in [0.05, 0.1) is 0 Å². The Kier molecular flexibility index (Phi) is 5.94. The molecule has 0 bridgehead atoms. The van der Waals surface area contributed by atoms with Crippen molar-refractivity contribution in [2.45, 2.75) is 0 Å². The van der Waals surface area contributed by atoms with Crippen molar-refractivity contribution in [1.82, 2.24) is 4.98 Å². The van der Waals surface area contributed by atoms with Gasteiger partial charge in [0, 0.05) is 23.3 Å². The average Bonchev–Trinajstić information content (AvgIpc) is 3.50. The Morgan fingerprint density at radius 2 is 0.917 bits per heavy atom. The molecule has 222 valence electrons. The van der Waals surface area contributed by atoms with Crippen molar-refractivity contribution >= 4 is 32.3 Å². The molecule has 0 saturated heterocycles. The van der Waals surface area contributed by atoms with Gasteiger partial charge in [-0.25, -0.2) is 0 Å². The quantitative estimate of drug-likeness (QED) is 0.181.